The van der Waals surface area contributed by atoms with E-state index in [1.807, 2.05) is 32.9 Å². The van der Waals surface area contributed by atoms with Crippen LogP contribution in [-0.4, -0.2) is 16.7 Å². The fourth-order valence-electron chi connectivity index (χ4n) is 1.30. The second kappa shape index (κ2) is 5.32. The van der Waals surface area contributed by atoms with E-state index in [1.54, 1.807) is 12.1 Å². The van der Waals surface area contributed by atoms with Crippen LogP contribution >= 0.6 is 0 Å². The van der Waals surface area contributed by atoms with Crippen LogP contribution in [0.5, 0.6) is 5.75 Å². The molecule has 90 valence electrons. The second-order valence-electron chi connectivity index (χ2n) is 5.10. The van der Waals surface area contributed by atoms with E-state index >= 15 is 0 Å². The molecule has 3 heteroatoms. The predicted molar refractivity (Wildman–Crippen MR) is 65.2 cm³/mol. The minimum absolute atomic E-state index is 0.177. The van der Waals surface area contributed by atoms with Crippen molar-refractivity contribution in [2.45, 2.75) is 45.8 Å². The monoisotopic (exact) mass is 223 g/mol. The van der Waals surface area contributed by atoms with Crippen molar-refractivity contribution in [2.24, 2.45) is 0 Å². The van der Waals surface area contributed by atoms with E-state index in [4.69, 9.17) is 9.94 Å². The summed E-state index contributed by atoms with van der Waals surface area (Å²) in [7, 11) is 0. The fourth-order valence-corrected chi connectivity index (χ4v) is 1.30. The van der Waals surface area contributed by atoms with Gasteiger partial charge in [-0.2, -0.15) is 5.48 Å². The molecular weight excluding hydrogens is 202 g/mol. The zero-order valence-corrected chi connectivity index (χ0v) is 10.4. The van der Waals surface area contributed by atoms with Gasteiger partial charge in [0.2, 0.25) is 0 Å². The van der Waals surface area contributed by atoms with E-state index in [-0.39, 0.29) is 11.6 Å². The number of phenolic OH excluding ortho intramolecular Hbond substituents is 1. The van der Waals surface area contributed by atoms with Crippen molar-refractivity contribution >= 4 is 0 Å². The molecule has 0 bridgehead atoms. The number of benzene rings is 1. The van der Waals surface area contributed by atoms with Crippen LogP contribution < -0.4 is 5.48 Å². The number of rotatable bonds is 4. The zero-order valence-electron chi connectivity index (χ0n) is 10.4. The molecule has 1 aromatic rings. The summed E-state index contributed by atoms with van der Waals surface area (Å²) >= 11 is 0. The first-order valence-corrected chi connectivity index (χ1v) is 5.58. The van der Waals surface area contributed by atoms with Crippen LogP contribution in [0.4, 0.5) is 0 Å². The van der Waals surface area contributed by atoms with Gasteiger partial charge in [-0.15, -0.1) is 0 Å². The maximum atomic E-state index is 9.16. The molecule has 1 atom stereocenters. The highest BCUT2D eigenvalue weighted by Crippen LogP contribution is 2.12. The Hall–Kier alpha value is -1.06. The number of phenols is 1. The third kappa shape index (κ3) is 5.14. The Morgan fingerprint density at radius 2 is 1.81 bits per heavy atom. The first-order valence-electron chi connectivity index (χ1n) is 5.58. The van der Waals surface area contributed by atoms with Gasteiger partial charge < -0.3 is 5.11 Å². The molecule has 0 saturated carbocycles. The lowest BCUT2D eigenvalue weighted by atomic mass is 10.1. The minimum Gasteiger partial charge on any atom is -0.508 e. The number of hydrogen-bond acceptors (Lipinski definition) is 3. The summed E-state index contributed by atoms with van der Waals surface area (Å²) in [6, 6.07) is 7.48. The third-order valence-corrected chi connectivity index (χ3v) is 2.04. The third-order valence-electron chi connectivity index (χ3n) is 2.04. The number of hydrogen-bond donors (Lipinski definition) is 2. The Labute approximate surface area is 97.4 Å². The molecular formula is C13H21NO2. The quantitative estimate of drug-likeness (QED) is 0.771. The summed E-state index contributed by atoms with van der Waals surface area (Å²) in [5, 5.41) is 9.16. The van der Waals surface area contributed by atoms with E-state index in [0.717, 1.165) is 6.42 Å². The van der Waals surface area contributed by atoms with Gasteiger partial charge in [0.1, 0.15) is 5.75 Å². The lowest BCUT2D eigenvalue weighted by molar-refractivity contribution is -0.0857. The summed E-state index contributed by atoms with van der Waals surface area (Å²) in [6.07, 6.45) is 0.871. The molecule has 0 spiro atoms. The van der Waals surface area contributed by atoms with Gasteiger partial charge in [-0.05, 0) is 51.8 Å². The molecule has 1 rings (SSSR count). The van der Waals surface area contributed by atoms with Gasteiger partial charge in [-0.1, -0.05) is 12.1 Å². The Morgan fingerprint density at radius 1 is 1.25 bits per heavy atom. The van der Waals surface area contributed by atoms with Crippen LogP contribution in [-0.2, 0) is 11.3 Å². The van der Waals surface area contributed by atoms with E-state index in [2.05, 4.69) is 12.4 Å². The number of nitrogens with one attached hydrogen (secondary N) is 1. The van der Waals surface area contributed by atoms with E-state index in [0.29, 0.717) is 5.75 Å². The van der Waals surface area contributed by atoms with Gasteiger partial charge >= 0.3 is 0 Å². The van der Waals surface area contributed by atoms with Crippen molar-refractivity contribution in [1.82, 2.24) is 5.48 Å². The lowest BCUT2D eigenvalue weighted by Crippen LogP contribution is -2.36. The first-order chi connectivity index (χ1) is 7.37. The van der Waals surface area contributed by atoms with Gasteiger partial charge in [0.05, 0.1) is 5.60 Å². The van der Waals surface area contributed by atoms with Crippen molar-refractivity contribution in [1.29, 1.82) is 0 Å². The maximum absolute atomic E-state index is 9.16. The average molecular weight is 223 g/mol. The van der Waals surface area contributed by atoms with Crippen LogP contribution in [0, 0.1) is 0 Å². The van der Waals surface area contributed by atoms with Crippen LogP contribution in [0.2, 0.25) is 0 Å². The normalized spacial score (nSPS) is 13.8. The maximum Gasteiger partial charge on any atom is 0.115 e. The number of aromatic hydroxyl groups is 1. The van der Waals surface area contributed by atoms with Gasteiger partial charge in [0, 0.05) is 6.04 Å². The van der Waals surface area contributed by atoms with Crippen LogP contribution in [0.3, 0.4) is 0 Å². The first kappa shape index (κ1) is 13.0. The molecule has 0 aliphatic rings. The summed E-state index contributed by atoms with van der Waals surface area (Å²) in [5.74, 6) is 0.301. The summed E-state index contributed by atoms with van der Waals surface area (Å²) in [6.45, 7) is 8.09. The Bertz CT molecular complexity index is 314. The van der Waals surface area contributed by atoms with E-state index in [9.17, 15) is 0 Å². The molecule has 0 aliphatic carbocycles. The molecule has 0 heterocycles. The Kier molecular flexibility index (Phi) is 4.33. The molecule has 2 N–H and O–H groups in total. The van der Waals surface area contributed by atoms with Gasteiger partial charge in [-0.25, -0.2) is 0 Å². The molecule has 0 amide bonds. The van der Waals surface area contributed by atoms with E-state index in [1.165, 1.54) is 5.56 Å². The molecule has 0 aliphatic heterocycles. The summed E-state index contributed by atoms with van der Waals surface area (Å²) in [4.78, 5) is 5.49. The molecule has 0 aromatic heterocycles. The van der Waals surface area contributed by atoms with Crippen molar-refractivity contribution in [2.75, 3.05) is 0 Å². The summed E-state index contributed by atoms with van der Waals surface area (Å²) in [5.41, 5.74) is 4.02. The topological polar surface area (TPSA) is 41.5 Å². The largest absolute Gasteiger partial charge is 0.508 e. The highest BCUT2D eigenvalue weighted by Gasteiger charge is 2.12. The SMILES string of the molecule is CC(Cc1ccc(O)cc1)NOC(C)(C)C. The van der Waals surface area contributed by atoms with Gasteiger partial charge in [0.15, 0.2) is 0 Å². The predicted octanol–water partition coefficient (Wildman–Crippen LogP) is 2.64. The van der Waals surface area contributed by atoms with Gasteiger partial charge in [-0.3, -0.25) is 4.84 Å². The van der Waals surface area contributed by atoms with Gasteiger partial charge in [0.25, 0.3) is 0 Å². The fraction of sp³-hybridized carbons (Fsp3) is 0.538. The van der Waals surface area contributed by atoms with Crippen LogP contribution in [0.1, 0.15) is 33.3 Å². The molecule has 0 saturated heterocycles. The lowest BCUT2D eigenvalue weighted by Gasteiger charge is -2.23. The molecule has 0 fully saturated rings. The molecule has 0 radical (unpaired) electrons. The number of hydroxylamine groups is 1. The van der Waals surface area contributed by atoms with Crippen molar-refractivity contribution in [3.05, 3.63) is 29.8 Å². The minimum atomic E-state index is -0.177. The van der Waals surface area contributed by atoms with E-state index < -0.39 is 0 Å². The Balaban J connectivity index is 2.39. The average Bonchev–Trinajstić information content (AvgIpc) is 2.18. The van der Waals surface area contributed by atoms with Crippen molar-refractivity contribution in [3.8, 4) is 5.75 Å². The summed E-state index contributed by atoms with van der Waals surface area (Å²) < 4.78 is 0. The Morgan fingerprint density at radius 3 is 2.31 bits per heavy atom. The molecule has 3 nitrogen and oxygen atoms in total. The molecule has 16 heavy (non-hydrogen) atoms. The second-order valence-corrected chi connectivity index (χ2v) is 5.10. The standard InChI is InChI=1S/C13H21NO2/c1-10(14-16-13(2,3)4)9-11-5-7-12(15)8-6-11/h5-8,10,14-15H,9H2,1-4H3. The van der Waals surface area contributed by atoms with Crippen molar-refractivity contribution < 1.29 is 9.94 Å². The highest BCUT2D eigenvalue weighted by molar-refractivity contribution is 5.26. The zero-order chi connectivity index (χ0) is 12.2. The van der Waals surface area contributed by atoms with Crippen LogP contribution in [0.15, 0.2) is 24.3 Å². The smallest absolute Gasteiger partial charge is 0.115 e. The molecule has 1 unspecified atom stereocenters. The van der Waals surface area contributed by atoms with Crippen molar-refractivity contribution in [3.63, 3.8) is 0 Å². The van der Waals surface area contributed by atoms with Crippen LogP contribution in [0.25, 0.3) is 0 Å². The highest BCUT2D eigenvalue weighted by atomic mass is 16.7. The molecule has 1 aromatic carbocycles.